The van der Waals surface area contributed by atoms with Gasteiger partial charge in [0.15, 0.2) is 0 Å². The van der Waals surface area contributed by atoms with Gasteiger partial charge in [0.25, 0.3) is 0 Å². The number of hydrogen-bond acceptors (Lipinski definition) is 3. The molecule has 0 aliphatic heterocycles. The summed E-state index contributed by atoms with van der Waals surface area (Å²) in [6.07, 6.45) is 3.60. The van der Waals surface area contributed by atoms with Crippen LogP contribution in [0.1, 0.15) is 23.0 Å². The Hall–Kier alpha value is -2.26. The van der Waals surface area contributed by atoms with Crippen LogP contribution in [0.4, 0.5) is 0 Å². The van der Waals surface area contributed by atoms with Gasteiger partial charge in [-0.15, -0.1) is 0 Å². The highest BCUT2D eigenvalue weighted by atomic mass is 14.9. The largest absolute Gasteiger partial charge is 0.318 e. The highest BCUT2D eigenvalue weighted by molar-refractivity contribution is 5.86. The summed E-state index contributed by atoms with van der Waals surface area (Å²) in [6, 6.07) is 14.1. The van der Waals surface area contributed by atoms with Crippen LogP contribution >= 0.6 is 0 Å². The lowest BCUT2D eigenvalue weighted by atomic mass is 9.99. The maximum absolute atomic E-state index is 6.31. The summed E-state index contributed by atoms with van der Waals surface area (Å²) in [5, 5.41) is 2.34. The predicted molar refractivity (Wildman–Crippen MR) is 76.7 cm³/mol. The monoisotopic (exact) mass is 249 g/mol. The second-order valence-electron chi connectivity index (χ2n) is 4.66. The van der Waals surface area contributed by atoms with Gasteiger partial charge in [0, 0.05) is 12.4 Å². The molecule has 1 unspecified atom stereocenters. The van der Waals surface area contributed by atoms with E-state index in [0.717, 1.165) is 16.5 Å². The lowest BCUT2D eigenvalue weighted by Crippen LogP contribution is -2.15. The third-order valence-corrected chi connectivity index (χ3v) is 3.24. The Morgan fingerprint density at radius 1 is 0.947 bits per heavy atom. The summed E-state index contributed by atoms with van der Waals surface area (Å²) in [5.41, 5.74) is 8.40. The van der Waals surface area contributed by atoms with Crippen LogP contribution in [0.15, 0.2) is 54.9 Å². The van der Waals surface area contributed by atoms with E-state index in [9.17, 15) is 0 Å². The van der Waals surface area contributed by atoms with E-state index in [1.165, 1.54) is 5.39 Å². The van der Waals surface area contributed by atoms with E-state index in [4.69, 9.17) is 5.73 Å². The van der Waals surface area contributed by atoms with E-state index in [0.29, 0.717) is 5.82 Å². The molecule has 19 heavy (non-hydrogen) atoms. The number of fused-ring (bicyclic) bond motifs is 1. The van der Waals surface area contributed by atoms with Gasteiger partial charge in [-0.25, -0.2) is 9.97 Å². The first-order valence-corrected chi connectivity index (χ1v) is 6.27. The summed E-state index contributed by atoms with van der Waals surface area (Å²) < 4.78 is 0. The fourth-order valence-corrected chi connectivity index (χ4v) is 2.22. The van der Waals surface area contributed by atoms with Crippen molar-refractivity contribution in [3.8, 4) is 0 Å². The third kappa shape index (κ3) is 2.20. The minimum atomic E-state index is -0.299. The van der Waals surface area contributed by atoms with E-state index in [1.54, 1.807) is 12.4 Å². The van der Waals surface area contributed by atoms with Crippen molar-refractivity contribution in [3.05, 3.63) is 71.8 Å². The molecular weight excluding hydrogens is 234 g/mol. The fraction of sp³-hybridized carbons (Fsp3) is 0.125. The van der Waals surface area contributed by atoms with Gasteiger partial charge < -0.3 is 5.73 Å². The average Bonchev–Trinajstić information content (AvgIpc) is 2.47. The quantitative estimate of drug-likeness (QED) is 0.759. The number of aromatic nitrogens is 2. The van der Waals surface area contributed by atoms with Gasteiger partial charge in [0.2, 0.25) is 0 Å². The number of nitrogens with zero attached hydrogens (tertiary/aromatic N) is 2. The van der Waals surface area contributed by atoms with E-state index in [1.807, 2.05) is 31.2 Å². The van der Waals surface area contributed by atoms with Crippen molar-refractivity contribution in [2.45, 2.75) is 13.0 Å². The van der Waals surface area contributed by atoms with Gasteiger partial charge in [-0.1, -0.05) is 42.5 Å². The first kappa shape index (κ1) is 11.8. The Balaban J connectivity index is 2.11. The van der Waals surface area contributed by atoms with Crippen molar-refractivity contribution in [2.75, 3.05) is 0 Å². The highest BCUT2D eigenvalue weighted by Gasteiger charge is 2.14. The third-order valence-electron chi connectivity index (χ3n) is 3.24. The second-order valence-corrected chi connectivity index (χ2v) is 4.66. The molecule has 3 aromatic rings. The predicted octanol–water partition coefficient (Wildman–Crippen LogP) is 2.99. The van der Waals surface area contributed by atoms with Gasteiger partial charge in [-0.3, -0.25) is 0 Å². The van der Waals surface area contributed by atoms with Gasteiger partial charge in [0.05, 0.1) is 6.04 Å². The van der Waals surface area contributed by atoms with Crippen molar-refractivity contribution >= 4 is 10.8 Å². The molecule has 1 atom stereocenters. The van der Waals surface area contributed by atoms with E-state index >= 15 is 0 Å². The minimum Gasteiger partial charge on any atom is -0.318 e. The van der Waals surface area contributed by atoms with Crippen LogP contribution in [-0.4, -0.2) is 9.97 Å². The Morgan fingerprint density at radius 3 is 2.42 bits per heavy atom. The Bertz CT molecular complexity index is 699. The molecule has 0 aliphatic carbocycles. The smallest absolute Gasteiger partial charge is 0.149 e. The second kappa shape index (κ2) is 4.78. The van der Waals surface area contributed by atoms with Crippen LogP contribution in [0, 0.1) is 6.92 Å². The molecule has 94 valence electrons. The summed E-state index contributed by atoms with van der Waals surface area (Å²) in [6.45, 7) is 1.97. The molecule has 0 aliphatic rings. The number of rotatable bonds is 2. The van der Waals surface area contributed by atoms with Crippen molar-refractivity contribution in [2.24, 2.45) is 5.73 Å². The Kier molecular flexibility index (Phi) is 2.97. The molecule has 0 amide bonds. The molecule has 1 aromatic heterocycles. The minimum absolute atomic E-state index is 0.299. The summed E-state index contributed by atoms with van der Waals surface area (Å²) in [4.78, 5) is 8.65. The molecule has 3 heteroatoms. The molecule has 3 nitrogen and oxygen atoms in total. The standard InChI is InChI=1S/C16H15N3/c1-11-9-18-16(19-10-11)15(17)14-8-4-6-12-5-2-3-7-13(12)14/h2-10,15H,17H2,1H3. The summed E-state index contributed by atoms with van der Waals surface area (Å²) in [5.74, 6) is 0.655. The van der Waals surface area contributed by atoms with Crippen LogP contribution < -0.4 is 5.73 Å². The van der Waals surface area contributed by atoms with E-state index in [-0.39, 0.29) is 6.04 Å². The van der Waals surface area contributed by atoms with Crippen molar-refractivity contribution < 1.29 is 0 Å². The average molecular weight is 249 g/mol. The Labute approximate surface area is 112 Å². The maximum atomic E-state index is 6.31. The summed E-state index contributed by atoms with van der Waals surface area (Å²) >= 11 is 0. The van der Waals surface area contributed by atoms with Crippen molar-refractivity contribution in [1.29, 1.82) is 0 Å². The van der Waals surface area contributed by atoms with Crippen molar-refractivity contribution in [1.82, 2.24) is 9.97 Å². The highest BCUT2D eigenvalue weighted by Crippen LogP contribution is 2.25. The Morgan fingerprint density at radius 2 is 1.63 bits per heavy atom. The zero-order valence-corrected chi connectivity index (χ0v) is 10.7. The lowest BCUT2D eigenvalue weighted by Gasteiger charge is -2.13. The topological polar surface area (TPSA) is 51.8 Å². The molecule has 1 heterocycles. The molecule has 0 spiro atoms. The van der Waals surface area contributed by atoms with E-state index < -0.39 is 0 Å². The molecule has 3 rings (SSSR count). The number of hydrogen-bond donors (Lipinski definition) is 1. The van der Waals surface area contributed by atoms with Crippen LogP contribution in [0.2, 0.25) is 0 Å². The molecule has 0 radical (unpaired) electrons. The van der Waals surface area contributed by atoms with Gasteiger partial charge in [-0.05, 0) is 28.8 Å². The first-order chi connectivity index (χ1) is 9.25. The molecular formula is C16H15N3. The number of nitrogens with two attached hydrogens (primary N) is 1. The lowest BCUT2D eigenvalue weighted by molar-refractivity contribution is 0.783. The van der Waals surface area contributed by atoms with Crippen LogP contribution in [0.3, 0.4) is 0 Å². The van der Waals surface area contributed by atoms with Crippen LogP contribution in [0.25, 0.3) is 10.8 Å². The van der Waals surface area contributed by atoms with Crippen LogP contribution in [-0.2, 0) is 0 Å². The zero-order valence-electron chi connectivity index (χ0n) is 10.7. The van der Waals surface area contributed by atoms with Gasteiger partial charge >= 0.3 is 0 Å². The van der Waals surface area contributed by atoms with Gasteiger partial charge in [0.1, 0.15) is 5.82 Å². The first-order valence-electron chi connectivity index (χ1n) is 6.27. The SMILES string of the molecule is Cc1cnc(C(N)c2cccc3ccccc23)nc1. The molecule has 0 saturated carbocycles. The molecule has 0 bridgehead atoms. The van der Waals surface area contributed by atoms with Gasteiger partial charge in [-0.2, -0.15) is 0 Å². The number of aryl methyl sites for hydroxylation is 1. The zero-order chi connectivity index (χ0) is 13.2. The normalized spacial score (nSPS) is 12.5. The fourth-order valence-electron chi connectivity index (χ4n) is 2.22. The van der Waals surface area contributed by atoms with E-state index in [2.05, 4.69) is 28.2 Å². The van der Waals surface area contributed by atoms with Crippen molar-refractivity contribution in [3.63, 3.8) is 0 Å². The molecule has 0 saturated heterocycles. The number of benzene rings is 2. The molecule has 2 N–H and O–H groups in total. The molecule has 2 aromatic carbocycles. The maximum Gasteiger partial charge on any atom is 0.149 e. The molecule has 0 fully saturated rings. The van der Waals surface area contributed by atoms with Crippen LogP contribution in [0.5, 0.6) is 0 Å². The summed E-state index contributed by atoms with van der Waals surface area (Å²) in [7, 11) is 0.